The lowest BCUT2D eigenvalue weighted by molar-refractivity contribution is -0.125. The van der Waals surface area contributed by atoms with Crippen molar-refractivity contribution in [3.05, 3.63) is 16.8 Å². The van der Waals surface area contributed by atoms with Crippen LogP contribution in [0.15, 0.2) is 15.4 Å². The van der Waals surface area contributed by atoms with Gasteiger partial charge in [-0.1, -0.05) is 5.16 Å². The zero-order valence-corrected chi connectivity index (χ0v) is 9.18. The van der Waals surface area contributed by atoms with Crippen LogP contribution in [0.3, 0.4) is 0 Å². The molecule has 2 heterocycles. The molecule has 92 valence electrons. The maximum atomic E-state index is 11.8. The predicted molar refractivity (Wildman–Crippen MR) is 53.2 cm³/mol. The van der Waals surface area contributed by atoms with Gasteiger partial charge in [-0.15, -0.1) is 11.3 Å². The van der Waals surface area contributed by atoms with Gasteiger partial charge in [-0.05, 0) is 0 Å². The number of alkyl halides is 3. The van der Waals surface area contributed by atoms with E-state index in [-0.39, 0.29) is 18.3 Å². The van der Waals surface area contributed by atoms with Crippen molar-refractivity contribution >= 4 is 11.3 Å². The number of rotatable bonds is 4. The lowest BCUT2D eigenvalue weighted by atomic mass is 10.5. The summed E-state index contributed by atoms with van der Waals surface area (Å²) in [5, 5.41) is 7.49. The van der Waals surface area contributed by atoms with Crippen molar-refractivity contribution in [2.45, 2.75) is 12.7 Å². The van der Waals surface area contributed by atoms with Gasteiger partial charge in [-0.25, -0.2) is 4.98 Å². The Bertz CT molecular complexity index is 467. The minimum atomic E-state index is -4.25. The van der Waals surface area contributed by atoms with Gasteiger partial charge in [-0.2, -0.15) is 18.2 Å². The van der Waals surface area contributed by atoms with Gasteiger partial charge in [0.2, 0.25) is 11.7 Å². The first-order valence-electron chi connectivity index (χ1n) is 4.53. The SMILES string of the molecule is FC(F)(F)CNCc1nc(-c2cscn2)no1. The maximum absolute atomic E-state index is 11.8. The van der Waals surface area contributed by atoms with Crippen molar-refractivity contribution < 1.29 is 17.7 Å². The Labute approximate surface area is 97.7 Å². The second-order valence-electron chi connectivity index (χ2n) is 3.10. The molecule has 0 saturated heterocycles. The van der Waals surface area contributed by atoms with Crippen LogP contribution in [-0.4, -0.2) is 27.8 Å². The van der Waals surface area contributed by atoms with Gasteiger partial charge in [0.1, 0.15) is 5.69 Å². The first-order chi connectivity index (χ1) is 8.04. The molecule has 0 atom stereocenters. The fraction of sp³-hybridized carbons (Fsp3) is 0.375. The van der Waals surface area contributed by atoms with Gasteiger partial charge < -0.3 is 9.84 Å². The quantitative estimate of drug-likeness (QED) is 0.913. The summed E-state index contributed by atoms with van der Waals surface area (Å²) < 4.78 is 40.3. The van der Waals surface area contributed by atoms with Gasteiger partial charge in [0, 0.05) is 5.38 Å². The van der Waals surface area contributed by atoms with Crippen LogP contribution in [-0.2, 0) is 6.54 Å². The Morgan fingerprint density at radius 1 is 1.41 bits per heavy atom. The zero-order valence-electron chi connectivity index (χ0n) is 8.36. The largest absolute Gasteiger partial charge is 0.401 e. The minimum Gasteiger partial charge on any atom is -0.337 e. The van der Waals surface area contributed by atoms with Gasteiger partial charge in [0.25, 0.3) is 0 Å². The van der Waals surface area contributed by atoms with Crippen molar-refractivity contribution in [1.29, 1.82) is 0 Å². The molecule has 0 amide bonds. The summed E-state index contributed by atoms with van der Waals surface area (Å²) in [5.74, 6) is 0.368. The van der Waals surface area contributed by atoms with Crippen molar-refractivity contribution in [1.82, 2.24) is 20.4 Å². The normalized spacial score (nSPS) is 11.9. The molecule has 2 rings (SSSR count). The number of halogens is 3. The summed E-state index contributed by atoms with van der Waals surface area (Å²) in [6, 6.07) is 0. The van der Waals surface area contributed by atoms with E-state index in [4.69, 9.17) is 4.52 Å². The van der Waals surface area contributed by atoms with E-state index in [1.807, 2.05) is 0 Å². The summed E-state index contributed by atoms with van der Waals surface area (Å²) in [5.41, 5.74) is 2.15. The summed E-state index contributed by atoms with van der Waals surface area (Å²) in [6.45, 7) is -1.22. The molecule has 5 nitrogen and oxygen atoms in total. The topological polar surface area (TPSA) is 63.8 Å². The van der Waals surface area contributed by atoms with E-state index in [2.05, 4.69) is 20.4 Å². The highest BCUT2D eigenvalue weighted by molar-refractivity contribution is 7.07. The monoisotopic (exact) mass is 264 g/mol. The molecule has 0 unspecified atom stereocenters. The van der Waals surface area contributed by atoms with Crippen molar-refractivity contribution in [3.63, 3.8) is 0 Å². The molecule has 0 aliphatic carbocycles. The Hall–Kier alpha value is -1.48. The van der Waals surface area contributed by atoms with Crippen LogP contribution in [0.1, 0.15) is 5.89 Å². The smallest absolute Gasteiger partial charge is 0.337 e. The Kier molecular flexibility index (Phi) is 3.38. The molecule has 0 fully saturated rings. The van der Waals surface area contributed by atoms with E-state index < -0.39 is 12.7 Å². The average Bonchev–Trinajstić information content (AvgIpc) is 2.83. The van der Waals surface area contributed by atoms with Crippen LogP contribution >= 0.6 is 11.3 Å². The summed E-state index contributed by atoms with van der Waals surface area (Å²) in [6.07, 6.45) is -4.25. The number of nitrogens with zero attached hydrogens (tertiary/aromatic N) is 3. The number of nitrogens with one attached hydrogen (secondary N) is 1. The lowest BCUT2D eigenvalue weighted by Crippen LogP contribution is -2.28. The van der Waals surface area contributed by atoms with E-state index in [1.165, 1.54) is 11.3 Å². The van der Waals surface area contributed by atoms with Gasteiger partial charge in [0.15, 0.2) is 0 Å². The molecule has 0 bridgehead atoms. The summed E-state index contributed by atoms with van der Waals surface area (Å²) in [4.78, 5) is 7.86. The number of hydrogen-bond acceptors (Lipinski definition) is 6. The highest BCUT2D eigenvalue weighted by Crippen LogP contribution is 2.15. The fourth-order valence-corrected chi connectivity index (χ4v) is 1.60. The third-order valence-corrected chi connectivity index (χ3v) is 2.32. The van der Waals surface area contributed by atoms with E-state index in [1.54, 1.807) is 10.9 Å². The molecule has 0 radical (unpaired) electrons. The predicted octanol–water partition coefficient (Wildman–Crippen LogP) is 1.84. The van der Waals surface area contributed by atoms with Gasteiger partial charge in [0.05, 0.1) is 18.6 Å². The van der Waals surface area contributed by atoms with Crippen molar-refractivity contribution in [3.8, 4) is 11.5 Å². The molecule has 9 heteroatoms. The molecule has 1 N–H and O–H groups in total. The summed E-state index contributed by atoms with van der Waals surface area (Å²) >= 11 is 1.37. The Morgan fingerprint density at radius 3 is 2.88 bits per heavy atom. The van der Waals surface area contributed by atoms with Crippen LogP contribution in [0, 0.1) is 0 Å². The molecule has 2 aromatic heterocycles. The highest BCUT2D eigenvalue weighted by Gasteiger charge is 2.26. The molecular formula is C8H7F3N4OS. The Morgan fingerprint density at radius 2 is 2.24 bits per heavy atom. The first-order valence-corrected chi connectivity index (χ1v) is 5.47. The van der Waals surface area contributed by atoms with Crippen LogP contribution in [0.25, 0.3) is 11.5 Å². The van der Waals surface area contributed by atoms with Crippen molar-refractivity contribution in [2.75, 3.05) is 6.54 Å². The van der Waals surface area contributed by atoms with Gasteiger partial charge >= 0.3 is 6.18 Å². The van der Waals surface area contributed by atoms with E-state index in [0.717, 1.165) is 0 Å². The molecule has 2 aromatic rings. The Balaban J connectivity index is 1.91. The summed E-state index contributed by atoms with van der Waals surface area (Å²) in [7, 11) is 0. The van der Waals surface area contributed by atoms with Crippen LogP contribution < -0.4 is 5.32 Å². The average molecular weight is 264 g/mol. The third kappa shape index (κ3) is 3.49. The number of thiazole rings is 1. The number of aromatic nitrogens is 3. The molecule has 0 aromatic carbocycles. The molecular weight excluding hydrogens is 257 g/mol. The van der Waals surface area contributed by atoms with E-state index in [0.29, 0.717) is 5.69 Å². The van der Waals surface area contributed by atoms with Gasteiger partial charge in [-0.3, -0.25) is 0 Å². The van der Waals surface area contributed by atoms with Crippen LogP contribution in [0.5, 0.6) is 0 Å². The second kappa shape index (κ2) is 4.80. The lowest BCUT2D eigenvalue weighted by Gasteiger charge is -2.05. The first kappa shape index (κ1) is 12.0. The number of hydrogen-bond donors (Lipinski definition) is 1. The van der Waals surface area contributed by atoms with Crippen LogP contribution in [0.4, 0.5) is 13.2 Å². The maximum Gasteiger partial charge on any atom is 0.401 e. The molecule has 0 aliphatic heterocycles. The molecule has 0 spiro atoms. The van der Waals surface area contributed by atoms with Crippen LogP contribution in [0.2, 0.25) is 0 Å². The zero-order chi connectivity index (χ0) is 12.3. The second-order valence-corrected chi connectivity index (χ2v) is 3.82. The highest BCUT2D eigenvalue weighted by atomic mass is 32.1. The standard InChI is InChI=1S/C8H7F3N4OS/c9-8(10,11)3-12-1-6-14-7(15-16-6)5-2-17-4-13-5/h2,4,12H,1,3H2. The fourth-order valence-electron chi connectivity index (χ4n) is 1.06. The third-order valence-electron chi connectivity index (χ3n) is 1.73. The minimum absolute atomic E-state index is 0.0947. The van der Waals surface area contributed by atoms with Crippen molar-refractivity contribution in [2.24, 2.45) is 0 Å². The molecule has 0 aliphatic rings. The molecule has 17 heavy (non-hydrogen) atoms. The van der Waals surface area contributed by atoms with E-state index >= 15 is 0 Å². The van der Waals surface area contributed by atoms with E-state index in [9.17, 15) is 13.2 Å². The molecule has 0 saturated carbocycles.